The summed E-state index contributed by atoms with van der Waals surface area (Å²) in [4.78, 5) is 19.2. The predicted molar refractivity (Wildman–Crippen MR) is 94.0 cm³/mol. The number of carbonyl (C=O) groups excluding carboxylic acids is 1. The van der Waals surface area contributed by atoms with E-state index in [9.17, 15) is 4.79 Å². The third-order valence-corrected chi connectivity index (χ3v) is 4.97. The number of amides is 1. The Bertz CT molecular complexity index is 911. The molecule has 0 aliphatic carbocycles. The Morgan fingerprint density at radius 2 is 2.20 bits per heavy atom. The highest BCUT2D eigenvalue weighted by Gasteiger charge is 2.33. The van der Waals surface area contributed by atoms with Gasteiger partial charge in [0.25, 0.3) is 0 Å². The van der Waals surface area contributed by atoms with Gasteiger partial charge in [-0.1, -0.05) is 23.4 Å². The molecule has 2 aromatic heterocycles. The summed E-state index contributed by atoms with van der Waals surface area (Å²) in [5.74, 6) is 1.30. The zero-order valence-electron chi connectivity index (χ0n) is 14.6. The fourth-order valence-corrected chi connectivity index (χ4v) is 3.77. The molecule has 0 spiro atoms. The molecular weight excluding hydrogens is 316 g/mol. The van der Waals surface area contributed by atoms with Crippen LogP contribution in [0.25, 0.3) is 10.9 Å². The number of aryl methyl sites for hydroxylation is 2. The second-order valence-corrected chi connectivity index (χ2v) is 6.55. The molecule has 0 bridgehead atoms. The van der Waals surface area contributed by atoms with Crippen LogP contribution >= 0.6 is 0 Å². The Morgan fingerprint density at radius 3 is 2.96 bits per heavy atom. The minimum atomic E-state index is -0.0653. The molecule has 1 aliphatic heterocycles. The van der Waals surface area contributed by atoms with Crippen LogP contribution in [0.1, 0.15) is 43.1 Å². The topological polar surface area (TPSA) is 64.2 Å². The number of likely N-dealkylation sites (tertiary alicyclic amines) is 1. The van der Waals surface area contributed by atoms with Crippen LogP contribution in [0.4, 0.5) is 0 Å². The maximum atomic E-state index is 13.0. The van der Waals surface area contributed by atoms with E-state index in [1.54, 1.807) is 6.92 Å². The predicted octanol–water partition coefficient (Wildman–Crippen LogP) is 3.26. The highest BCUT2D eigenvalue weighted by atomic mass is 16.5. The largest absolute Gasteiger partial charge is 0.347 e. The second-order valence-electron chi connectivity index (χ2n) is 6.55. The van der Waals surface area contributed by atoms with Gasteiger partial charge in [0.1, 0.15) is 0 Å². The maximum Gasteiger partial charge on any atom is 0.227 e. The Hall–Kier alpha value is -2.63. The molecule has 25 heavy (non-hydrogen) atoms. The van der Waals surface area contributed by atoms with Crippen LogP contribution < -0.4 is 0 Å². The number of rotatable bonds is 4. The third kappa shape index (κ3) is 2.81. The van der Waals surface area contributed by atoms with Crippen molar-refractivity contribution in [1.82, 2.24) is 19.6 Å². The molecule has 4 rings (SSSR count). The summed E-state index contributed by atoms with van der Waals surface area (Å²) in [5.41, 5.74) is 2.26. The molecule has 6 heteroatoms. The molecule has 0 saturated carbocycles. The number of fused-ring (bicyclic) bond motifs is 1. The van der Waals surface area contributed by atoms with E-state index in [2.05, 4.69) is 40.0 Å². The van der Waals surface area contributed by atoms with Gasteiger partial charge < -0.3 is 14.0 Å². The fraction of sp³-hybridized carbons (Fsp3) is 0.421. The van der Waals surface area contributed by atoms with Crippen molar-refractivity contribution in [2.24, 2.45) is 0 Å². The van der Waals surface area contributed by atoms with Crippen LogP contribution in [0.3, 0.4) is 0 Å². The van der Waals surface area contributed by atoms with Gasteiger partial charge in [-0.2, -0.15) is 4.98 Å². The normalized spacial score (nSPS) is 17.5. The van der Waals surface area contributed by atoms with E-state index in [0.29, 0.717) is 18.1 Å². The lowest BCUT2D eigenvalue weighted by Crippen LogP contribution is -2.32. The molecule has 1 saturated heterocycles. The van der Waals surface area contributed by atoms with Gasteiger partial charge in [0.05, 0.1) is 12.5 Å². The number of para-hydroxylation sites is 1. The molecular formula is C19H22N4O2. The van der Waals surface area contributed by atoms with Crippen LogP contribution in [0, 0.1) is 6.92 Å². The van der Waals surface area contributed by atoms with Crippen molar-refractivity contribution in [3.05, 3.63) is 47.7 Å². The van der Waals surface area contributed by atoms with E-state index in [-0.39, 0.29) is 11.9 Å². The maximum absolute atomic E-state index is 13.0. The molecule has 130 valence electrons. The van der Waals surface area contributed by atoms with E-state index in [1.807, 2.05) is 17.0 Å². The molecule has 0 radical (unpaired) electrons. The molecule has 0 N–H and O–H groups in total. The van der Waals surface area contributed by atoms with Gasteiger partial charge in [0.15, 0.2) is 5.82 Å². The molecule has 1 atom stereocenters. The van der Waals surface area contributed by atoms with Crippen molar-refractivity contribution < 1.29 is 9.32 Å². The SMILES string of the molecule is CCn1cc(CC(=O)N2CCCC2c2noc(C)n2)c2ccccc21. The first-order chi connectivity index (χ1) is 12.2. The summed E-state index contributed by atoms with van der Waals surface area (Å²) in [6, 6.07) is 8.19. The van der Waals surface area contributed by atoms with Crippen molar-refractivity contribution in [2.75, 3.05) is 6.54 Å². The van der Waals surface area contributed by atoms with Gasteiger partial charge in [-0.05, 0) is 31.4 Å². The van der Waals surface area contributed by atoms with Gasteiger partial charge in [0.2, 0.25) is 11.8 Å². The quantitative estimate of drug-likeness (QED) is 0.732. The Kier molecular flexibility index (Phi) is 4.03. The van der Waals surface area contributed by atoms with Crippen molar-refractivity contribution in [2.45, 2.75) is 45.7 Å². The summed E-state index contributed by atoms with van der Waals surface area (Å²) in [6.45, 7) is 5.54. The first-order valence-corrected chi connectivity index (χ1v) is 8.83. The van der Waals surface area contributed by atoms with Crippen molar-refractivity contribution in [3.8, 4) is 0 Å². The molecule has 3 aromatic rings. The number of nitrogens with zero attached hydrogens (tertiary/aromatic N) is 4. The Labute approximate surface area is 146 Å². The lowest BCUT2D eigenvalue weighted by atomic mass is 10.1. The highest BCUT2D eigenvalue weighted by Crippen LogP contribution is 2.31. The highest BCUT2D eigenvalue weighted by molar-refractivity contribution is 5.89. The van der Waals surface area contributed by atoms with Crippen LogP contribution in [-0.4, -0.2) is 32.1 Å². The molecule has 1 fully saturated rings. The van der Waals surface area contributed by atoms with Crippen LogP contribution in [-0.2, 0) is 17.8 Å². The van der Waals surface area contributed by atoms with Gasteiger partial charge in [0, 0.05) is 37.1 Å². The number of carbonyl (C=O) groups is 1. The van der Waals surface area contributed by atoms with Crippen molar-refractivity contribution in [1.29, 1.82) is 0 Å². The lowest BCUT2D eigenvalue weighted by molar-refractivity contribution is -0.131. The smallest absolute Gasteiger partial charge is 0.227 e. The summed E-state index contributed by atoms with van der Waals surface area (Å²) in [6.07, 6.45) is 4.37. The van der Waals surface area contributed by atoms with Crippen LogP contribution in [0.15, 0.2) is 35.0 Å². The zero-order chi connectivity index (χ0) is 17.4. The minimum Gasteiger partial charge on any atom is -0.347 e. The Balaban J connectivity index is 1.59. The number of hydrogen-bond donors (Lipinski definition) is 0. The molecule has 1 aliphatic rings. The molecule has 3 heterocycles. The third-order valence-electron chi connectivity index (χ3n) is 4.97. The summed E-state index contributed by atoms with van der Waals surface area (Å²) >= 11 is 0. The molecule has 1 unspecified atom stereocenters. The lowest BCUT2D eigenvalue weighted by Gasteiger charge is -2.22. The fourth-order valence-electron chi connectivity index (χ4n) is 3.77. The van der Waals surface area contributed by atoms with E-state index < -0.39 is 0 Å². The molecule has 1 aromatic carbocycles. The van der Waals surface area contributed by atoms with Gasteiger partial charge >= 0.3 is 0 Å². The van der Waals surface area contributed by atoms with E-state index in [1.165, 1.54) is 5.52 Å². The van der Waals surface area contributed by atoms with Gasteiger partial charge in [-0.25, -0.2) is 0 Å². The summed E-state index contributed by atoms with van der Waals surface area (Å²) < 4.78 is 7.29. The van der Waals surface area contributed by atoms with Gasteiger partial charge in [-0.15, -0.1) is 0 Å². The molecule has 6 nitrogen and oxygen atoms in total. The first-order valence-electron chi connectivity index (χ1n) is 8.83. The standard InChI is InChI=1S/C19H22N4O2/c1-3-22-12-14(15-7-4-5-8-16(15)22)11-18(24)23-10-6-9-17(23)19-20-13(2)25-21-19/h4-5,7-8,12,17H,3,6,9-11H2,1-2H3. The van der Waals surface area contributed by atoms with E-state index >= 15 is 0 Å². The number of hydrogen-bond acceptors (Lipinski definition) is 4. The van der Waals surface area contributed by atoms with Crippen molar-refractivity contribution >= 4 is 16.8 Å². The number of benzene rings is 1. The van der Waals surface area contributed by atoms with E-state index in [4.69, 9.17) is 4.52 Å². The molecule has 1 amide bonds. The van der Waals surface area contributed by atoms with Crippen LogP contribution in [0.2, 0.25) is 0 Å². The first kappa shape index (κ1) is 15.9. The van der Waals surface area contributed by atoms with Crippen LogP contribution in [0.5, 0.6) is 0 Å². The minimum absolute atomic E-state index is 0.0653. The zero-order valence-corrected chi connectivity index (χ0v) is 14.6. The number of aromatic nitrogens is 3. The van der Waals surface area contributed by atoms with Crippen molar-refractivity contribution in [3.63, 3.8) is 0 Å². The monoisotopic (exact) mass is 338 g/mol. The Morgan fingerprint density at radius 1 is 1.36 bits per heavy atom. The second kappa shape index (κ2) is 6.35. The van der Waals surface area contributed by atoms with E-state index in [0.717, 1.165) is 36.9 Å². The average Bonchev–Trinajstić information content (AvgIpc) is 3.33. The summed E-state index contributed by atoms with van der Waals surface area (Å²) in [5, 5.41) is 5.18. The average molecular weight is 338 g/mol. The van der Waals surface area contributed by atoms with Gasteiger partial charge in [-0.3, -0.25) is 4.79 Å². The summed E-state index contributed by atoms with van der Waals surface area (Å²) in [7, 11) is 0.